The molecule has 0 spiro atoms. The molecule has 0 aliphatic carbocycles. The van der Waals surface area contributed by atoms with Gasteiger partial charge in [-0.2, -0.15) is 0 Å². The van der Waals surface area contributed by atoms with E-state index in [0.29, 0.717) is 17.1 Å². The molecule has 4 nitrogen and oxygen atoms in total. The molecule has 0 aliphatic heterocycles. The summed E-state index contributed by atoms with van der Waals surface area (Å²) < 4.78 is 23.0. The van der Waals surface area contributed by atoms with Crippen LogP contribution in [0.15, 0.2) is 18.2 Å². The Hall–Kier alpha value is -1.07. The highest BCUT2D eigenvalue weighted by atomic mass is 35.5. The lowest BCUT2D eigenvalue weighted by Crippen LogP contribution is -2.24. The van der Waals surface area contributed by atoms with E-state index < -0.39 is 21.5 Å². The Kier molecular flexibility index (Phi) is 5.16. The monoisotopic (exact) mass is 289 g/mol. The van der Waals surface area contributed by atoms with Crippen LogP contribution in [-0.2, 0) is 14.6 Å². The number of benzene rings is 1. The van der Waals surface area contributed by atoms with Gasteiger partial charge in [0.25, 0.3) is 0 Å². The van der Waals surface area contributed by atoms with E-state index in [1.807, 2.05) is 0 Å². The number of nitrogens with one attached hydrogen (secondary N) is 1. The predicted octanol–water partition coefficient (Wildman–Crippen LogP) is 2.41. The normalized spacial score (nSPS) is 11.3. The van der Waals surface area contributed by atoms with Gasteiger partial charge in [-0.15, -0.1) is 0 Å². The van der Waals surface area contributed by atoms with Crippen molar-refractivity contribution in [3.63, 3.8) is 0 Å². The highest BCUT2D eigenvalue weighted by molar-refractivity contribution is 7.92. The van der Waals surface area contributed by atoms with Crippen molar-refractivity contribution in [2.45, 2.75) is 20.3 Å². The number of halogens is 1. The molecule has 1 rings (SSSR count). The quantitative estimate of drug-likeness (QED) is 0.905. The third-order valence-corrected chi connectivity index (χ3v) is 4.55. The van der Waals surface area contributed by atoms with Crippen molar-refractivity contribution in [2.24, 2.45) is 0 Å². The fraction of sp³-hybridized carbons (Fsp3) is 0.417. The fourth-order valence-electron chi connectivity index (χ4n) is 1.51. The van der Waals surface area contributed by atoms with E-state index in [1.54, 1.807) is 32.0 Å². The Bertz CT molecular complexity index is 540. The van der Waals surface area contributed by atoms with E-state index in [0.717, 1.165) is 5.56 Å². The summed E-state index contributed by atoms with van der Waals surface area (Å²) >= 11 is 5.91. The van der Waals surface area contributed by atoms with E-state index in [2.05, 4.69) is 5.32 Å². The number of rotatable bonds is 5. The van der Waals surface area contributed by atoms with Crippen molar-refractivity contribution in [1.82, 2.24) is 0 Å². The lowest BCUT2D eigenvalue weighted by Gasteiger charge is -2.09. The lowest BCUT2D eigenvalue weighted by molar-refractivity contribution is -0.113. The van der Waals surface area contributed by atoms with Crippen LogP contribution >= 0.6 is 11.6 Å². The standard InChI is InChI=1S/C12H16ClNO3S/c1-3-7-18(16,17)8-12(15)14-11-6-4-5-10(13)9(11)2/h4-6H,3,7-8H2,1-2H3,(H,14,15). The van der Waals surface area contributed by atoms with Gasteiger partial charge in [-0.05, 0) is 31.0 Å². The Morgan fingerprint density at radius 1 is 1.39 bits per heavy atom. The zero-order chi connectivity index (χ0) is 13.8. The second kappa shape index (κ2) is 6.20. The van der Waals surface area contributed by atoms with Crippen molar-refractivity contribution in [3.8, 4) is 0 Å². The van der Waals surface area contributed by atoms with Gasteiger partial charge in [0, 0.05) is 10.7 Å². The van der Waals surface area contributed by atoms with Crippen LogP contribution < -0.4 is 5.32 Å². The molecule has 1 amide bonds. The van der Waals surface area contributed by atoms with E-state index in [4.69, 9.17) is 11.6 Å². The maximum absolute atomic E-state index is 11.6. The molecule has 6 heteroatoms. The molecule has 0 saturated carbocycles. The van der Waals surface area contributed by atoms with Crippen molar-refractivity contribution in [3.05, 3.63) is 28.8 Å². The molecular formula is C12H16ClNO3S. The first-order chi connectivity index (χ1) is 8.35. The summed E-state index contributed by atoms with van der Waals surface area (Å²) in [6.45, 7) is 3.52. The topological polar surface area (TPSA) is 63.2 Å². The maximum atomic E-state index is 11.6. The molecule has 100 valence electrons. The van der Waals surface area contributed by atoms with Crippen molar-refractivity contribution >= 4 is 33.0 Å². The van der Waals surface area contributed by atoms with Crippen LogP contribution in [0, 0.1) is 6.92 Å². The third-order valence-electron chi connectivity index (χ3n) is 2.41. The van der Waals surface area contributed by atoms with Crippen molar-refractivity contribution < 1.29 is 13.2 Å². The number of carbonyl (C=O) groups excluding carboxylic acids is 1. The van der Waals surface area contributed by atoms with Crippen molar-refractivity contribution in [2.75, 3.05) is 16.8 Å². The van der Waals surface area contributed by atoms with E-state index in [1.165, 1.54) is 0 Å². The summed E-state index contributed by atoms with van der Waals surface area (Å²) in [4.78, 5) is 11.6. The maximum Gasteiger partial charge on any atom is 0.239 e. The number of hydrogen-bond acceptors (Lipinski definition) is 3. The van der Waals surface area contributed by atoms with Crippen LogP contribution in [0.3, 0.4) is 0 Å². The van der Waals surface area contributed by atoms with E-state index >= 15 is 0 Å². The molecule has 1 aromatic rings. The SMILES string of the molecule is CCCS(=O)(=O)CC(=O)Nc1cccc(Cl)c1C. The minimum absolute atomic E-state index is 0.0228. The average Bonchev–Trinajstić information content (AvgIpc) is 2.23. The molecule has 0 bridgehead atoms. The van der Waals surface area contributed by atoms with Crippen LogP contribution in [0.5, 0.6) is 0 Å². The number of amides is 1. The summed E-state index contributed by atoms with van der Waals surface area (Å²) in [5.41, 5.74) is 1.26. The number of carbonyl (C=O) groups is 1. The molecule has 0 saturated heterocycles. The van der Waals surface area contributed by atoms with Crippen LogP contribution in [-0.4, -0.2) is 25.8 Å². The van der Waals surface area contributed by atoms with Gasteiger partial charge < -0.3 is 5.32 Å². The zero-order valence-corrected chi connectivity index (χ0v) is 11.9. The summed E-state index contributed by atoms with van der Waals surface area (Å²) in [7, 11) is -3.32. The highest BCUT2D eigenvalue weighted by Gasteiger charge is 2.16. The number of anilines is 1. The molecule has 0 heterocycles. The summed E-state index contributed by atoms with van der Waals surface area (Å²) in [5, 5.41) is 3.09. The van der Waals surface area contributed by atoms with Gasteiger partial charge in [-0.25, -0.2) is 8.42 Å². The fourth-order valence-corrected chi connectivity index (χ4v) is 2.92. The first kappa shape index (κ1) is 15.0. The molecule has 18 heavy (non-hydrogen) atoms. The van der Waals surface area contributed by atoms with Gasteiger partial charge in [0.1, 0.15) is 5.75 Å². The molecule has 0 atom stereocenters. The summed E-state index contributed by atoms with van der Waals surface area (Å²) in [6.07, 6.45) is 0.506. The summed E-state index contributed by atoms with van der Waals surface area (Å²) in [6, 6.07) is 5.09. The molecule has 0 aromatic heterocycles. The number of sulfone groups is 1. The van der Waals surface area contributed by atoms with Crippen LogP contribution in [0.2, 0.25) is 5.02 Å². The Labute approximate surface area is 112 Å². The van der Waals surface area contributed by atoms with Gasteiger partial charge in [-0.1, -0.05) is 24.6 Å². The number of hydrogen-bond donors (Lipinski definition) is 1. The smallest absolute Gasteiger partial charge is 0.239 e. The predicted molar refractivity (Wildman–Crippen MR) is 73.8 cm³/mol. The third kappa shape index (κ3) is 4.31. The molecule has 1 N–H and O–H groups in total. The second-order valence-corrected chi connectivity index (χ2v) is 6.64. The second-order valence-electron chi connectivity index (χ2n) is 4.05. The minimum atomic E-state index is -3.32. The molecule has 0 radical (unpaired) electrons. The Morgan fingerprint density at radius 3 is 2.67 bits per heavy atom. The van der Waals surface area contributed by atoms with Gasteiger partial charge in [0.15, 0.2) is 9.84 Å². The molecule has 1 aromatic carbocycles. The molecule has 0 unspecified atom stereocenters. The van der Waals surface area contributed by atoms with Gasteiger partial charge >= 0.3 is 0 Å². The largest absolute Gasteiger partial charge is 0.325 e. The first-order valence-corrected chi connectivity index (χ1v) is 7.81. The minimum Gasteiger partial charge on any atom is -0.325 e. The summed E-state index contributed by atoms with van der Waals surface area (Å²) in [5.74, 6) is -1.00. The van der Waals surface area contributed by atoms with E-state index in [9.17, 15) is 13.2 Å². The molecule has 0 fully saturated rings. The van der Waals surface area contributed by atoms with Gasteiger partial charge in [0.2, 0.25) is 5.91 Å². The lowest BCUT2D eigenvalue weighted by atomic mass is 10.2. The van der Waals surface area contributed by atoms with Gasteiger partial charge in [0.05, 0.1) is 5.75 Å². The van der Waals surface area contributed by atoms with Gasteiger partial charge in [-0.3, -0.25) is 4.79 Å². The first-order valence-electron chi connectivity index (χ1n) is 5.61. The van der Waals surface area contributed by atoms with Crippen LogP contribution in [0.25, 0.3) is 0 Å². The Balaban J connectivity index is 2.74. The highest BCUT2D eigenvalue weighted by Crippen LogP contribution is 2.22. The van der Waals surface area contributed by atoms with Crippen molar-refractivity contribution in [1.29, 1.82) is 0 Å². The van der Waals surface area contributed by atoms with Crippen LogP contribution in [0.1, 0.15) is 18.9 Å². The molecular weight excluding hydrogens is 274 g/mol. The molecule has 0 aliphatic rings. The average molecular weight is 290 g/mol. The van der Waals surface area contributed by atoms with Crippen LogP contribution in [0.4, 0.5) is 5.69 Å². The Morgan fingerprint density at radius 2 is 2.06 bits per heavy atom. The zero-order valence-electron chi connectivity index (χ0n) is 10.4. The van der Waals surface area contributed by atoms with E-state index in [-0.39, 0.29) is 5.75 Å².